The van der Waals surface area contributed by atoms with Gasteiger partial charge in [0.2, 0.25) is 11.8 Å². The average Bonchev–Trinajstić information content (AvgIpc) is 2.93. The van der Waals surface area contributed by atoms with Gasteiger partial charge in [0.05, 0.1) is 6.04 Å². The van der Waals surface area contributed by atoms with E-state index in [1.165, 1.54) is 6.92 Å². The molecule has 5 nitrogen and oxygen atoms in total. The van der Waals surface area contributed by atoms with Gasteiger partial charge in [-0.2, -0.15) is 0 Å². The van der Waals surface area contributed by atoms with Gasteiger partial charge in [-0.1, -0.05) is 23.7 Å². The molecular weight excluding hydrogens is 340 g/mol. The Morgan fingerprint density at radius 2 is 2.04 bits per heavy atom. The van der Waals surface area contributed by atoms with Gasteiger partial charge in [0.15, 0.2) is 0 Å². The number of hydrogen-bond donors (Lipinski definition) is 1. The molecule has 6 heteroatoms. The molecule has 1 N–H and O–H groups in total. The number of hydrogen-bond acceptors (Lipinski definition) is 3. The largest absolute Gasteiger partial charge is 0.489 e. The zero-order chi connectivity index (χ0) is 17.8. The van der Waals surface area contributed by atoms with Crippen molar-refractivity contribution in [3.63, 3.8) is 0 Å². The summed E-state index contributed by atoms with van der Waals surface area (Å²) in [5.74, 6) is 0.601. The fourth-order valence-electron chi connectivity index (χ4n) is 2.86. The van der Waals surface area contributed by atoms with E-state index in [1.807, 2.05) is 48.5 Å². The SMILES string of the molecule is CC(=O)NC1CC(=O)N(c2ccc(OCc3cccc(Cl)c3)cc2)C1. The van der Waals surface area contributed by atoms with Gasteiger partial charge in [0.25, 0.3) is 0 Å². The lowest BCUT2D eigenvalue weighted by atomic mass is 10.2. The van der Waals surface area contributed by atoms with E-state index >= 15 is 0 Å². The summed E-state index contributed by atoms with van der Waals surface area (Å²) in [4.78, 5) is 24.9. The molecule has 1 atom stereocenters. The highest BCUT2D eigenvalue weighted by molar-refractivity contribution is 6.30. The minimum atomic E-state index is -0.135. The second-order valence-electron chi connectivity index (χ2n) is 6.02. The number of nitrogens with one attached hydrogen (secondary N) is 1. The van der Waals surface area contributed by atoms with Crippen LogP contribution in [-0.2, 0) is 16.2 Å². The van der Waals surface area contributed by atoms with E-state index in [0.717, 1.165) is 11.3 Å². The van der Waals surface area contributed by atoms with Gasteiger partial charge in [-0.15, -0.1) is 0 Å². The van der Waals surface area contributed by atoms with Crippen molar-refractivity contribution in [2.45, 2.75) is 26.0 Å². The van der Waals surface area contributed by atoms with Gasteiger partial charge < -0.3 is 15.0 Å². The second kappa shape index (κ2) is 7.57. The van der Waals surface area contributed by atoms with Crippen LogP contribution < -0.4 is 15.0 Å². The van der Waals surface area contributed by atoms with Crippen molar-refractivity contribution >= 4 is 29.1 Å². The van der Waals surface area contributed by atoms with Gasteiger partial charge in [-0.25, -0.2) is 0 Å². The molecule has 2 aromatic carbocycles. The maximum Gasteiger partial charge on any atom is 0.229 e. The summed E-state index contributed by atoms with van der Waals surface area (Å²) < 4.78 is 5.75. The van der Waals surface area contributed by atoms with Gasteiger partial charge >= 0.3 is 0 Å². The van der Waals surface area contributed by atoms with Gasteiger partial charge in [-0.05, 0) is 42.0 Å². The minimum Gasteiger partial charge on any atom is -0.489 e. The van der Waals surface area contributed by atoms with Crippen LogP contribution in [0.15, 0.2) is 48.5 Å². The number of rotatable bonds is 5. The van der Waals surface area contributed by atoms with E-state index in [-0.39, 0.29) is 17.9 Å². The van der Waals surface area contributed by atoms with Crippen molar-refractivity contribution < 1.29 is 14.3 Å². The molecule has 1 aliphatic heterocycles. The Bertz CT molecular complexity index is 776. The first-order chi connectivity index (χ1) is 12.0. The molecule has 0 aromatic heterocycles. The molecule has 1 unspecified atom stereocenters. The van der Waals surface area contributed by atoms with Crippen LogP contribution in [0, 0.1) is 0 Å². The summed E-state index contributed by atoms with van der Waals surface area (Å²) in [6, 6.07) is 14.7. The summed E-state index contributed by atoms with van der Waals surface area (Å²) >= 11 is 5.96. The Morgan fingerprint density at radius 1 is 1.28 bits per heavy atom. The topological polar surface area (TPSA) is 58.6 Å². The molecule has 25 heavy (non-hydrogen) atoms. The van der Waals surface area contributed by atoms with Crippen molar-refractivity contribution in [2.24, 2.45) is 0 Å². The lowest BCUT2D eigenvalue weighted by Gasteiger charge is -2.17. The van der Waals surface area contributed by atoms with Crippen LogP contribution in [0.4, 0.5) is 5.69 Å². The first-order valence-corrected chi connectivity index (χ1v) is 8.44. The molecule has 0 saturated carbocycles. The summed E-state index contributed by atoms with van der Waals surface area (Å²) in [5, 5.41) is 3.47. The molecular formula is C19H19ClN2O3. The average molecular weight is 359 g/mol. The number of nitrogens with zero attached hydrogens (tertiary/aromatic N) is 1. The van der Waals surface area contributed by atoms with Crippen LogP contribution in [0.25, 0.3) is 0 Å². The van der Waals surface area contributed by atoms with Crippen LogP contribution >= 0.6 is 11.6 Å². The summed E-state index contributed by atoms with van der Waals surface area (Å²) in [5.41, 5.74) is 1.79. The molecule has 0 bridgehead atoms. The number of amides is 2. The maximum absolute atomic E-state index is 12.1. The van der Waals surface area contributed by atoms with Gasteiger partial charge in [0, 0.05) is 30.6 Å². The summed E-state index contributed by atoms with van der Waals surface area (Å²) in [6.45, 7) is 2.37. The van der Waals surface area contributed by atoms with E-state index in [0.29, 0.717) is 30.3 Å². The highest BCUT2D eigenvalue weighted by atomic mass is 35.5. The van der Waals surface area contributed by atoms with Crippen molar-refractivity contribution in [1.82, 2.24) is 5.32 Å². The molecule has 2 aromatic rings. The number of carbonyl (C=O) groups is 2. The minimum absolute atomic E-state index is 0.00588. The maximum atomic E-state index is 12.1. The van der Waals surface area contributed by atoms with E-state index in [2.05, 4.69) is 5.32 Å². The van der Waals surface area contributed by atoms with Crippen LogP contribution in [0.2, 0.25) is 5.02 Å². The summed E-state index contributed by atoms with van der Waals surface area (Å²) in [7, 11) is 0. The molecule has 130 valence electrons. The molecule has 0 spiro atoms. The van der Waals surface area contributed by atoms with Crippen LogP contribution in [0.3, 0.4) is 0 Å². The fraction of sp³-hybridized carbons (Fsp3) is 0.263. The van der Waals surface area contributed by atoms with Crippen LogP contribution in [0.5, 0.6) is 5.75 Å². The number of ether oxygens (including phenoxy) is 1. The zero-order valence-corrected chi connectivity index (χ0v) is 14.6. The molecule has 0 aliphatic carbocycles. The monoisotopic (exact) mass is 358 g/mol. The molecule has 1 saturated heterocycles. The number of carbonyl (C=O) groups excluding carboxylic acids is 2. The first-order valence-electron chi connectivity index (χ1n) is 8.06. The zero-order valence-electron chi connectivity index (χ0n) is 13.9. The van der Waals surface area contributed by atoms with Gasteiger partial charge in [-0.3, -0.25) is 9.59 Å². The summed E-state index contributed by atoms with van der Waals surface area (Å²) in [6.07, 6.45) is 0.326. The number of halogens is 1. The Labute approximate surface area is 151 Å². The third-order valence-corrected chi connectivity index (χ3v) is 4.21. The van der Waals surface area contributed by atoms with Crippen molar-refractivity contribution in [3.05, 3.63) is 59.1 Å². The number of benzene rings is 2. The van der Waals surface area contributed by atoms with Crippen LogP contribution in [-0.4, -0.2) is 24.4 Å². The van der Waals surface area contributed by atoms with E-state index in [9.17, 15) is 9.59 Å². The first kappa shape index (κ1) is 17.3. The highest BCUT2D eigenvalue weighted by Gasteiger charge is 2.30. The quantitative estimate of drug-likeness (QED) is 0.893. The third kappa shape index (κ3) is 4.51. The lowest BCUT2D eigenvalue weighted by molar-refractivity contribution is -0.119. The number of anilines is 1. The van der Waals surface area contributed by atoms with Crippen LogP contribution in [0.1, 0.15) is 18.9 Å². The Hall–Kier alpha value is -2.53. The normalized spacial score (nSPS) is 16.8. The molecule has 1 aliphatic rings. The molecule has 1 heterocycles. The standard InChI is InChI=1S/C19H19ClN2O3/c1-13(23)21-16-10-19(24)22(11-16)17-5-7-18(8-6-17)25-12-14-3-2-4-15(20)9-14/h2-9,16H,10-12H2,1H3,(H,21,23). The van der Waals surface area contributed by atoms with E-state index in [1.54, 1.807) is 4.90 Å². The van der Waals surface area contributed by atoms with Crippen molar-refractivity contribution in [1.29, 1.82) is 0 Å². The Morgan fingerprint density at radius 3 is 2.72 bits per heavy atom. The predicted octanol–water partition coefficient (Wildman–Crippen LogP) is 3.16. The van der Waals surface area contributed by atoms with Crippen molar-refractivity contribution in [2.75, 3.05) is 11.4 Å². The fourth-order valence-corrected chi connectivity index (χ4v) is 3.07. The third-order valence-electron chi connectivity index (χ3n) is 3.98. The molecule has 2 amide bonds. The smallest absolute Gasteiger partial charge is 0.229 e. The molecule has 3 rings (SSSR count). The van der Waals surface area contributed by atoms with Crippen molar-refractivity contribution in [3.8, 4) is 5.75 Å². The van der Waals surface area contributed by atoms with E-state index in [4.69, 9.17) is 16.3 Å². The second-order valence-corrected chi connectivity index (χ2v) is 6.45. The van der Waals surface area contributed by atoms with Gasteiger partial charge in [0.1, 0.15) is 12.4 Å². The Balaban J connectivity index is 1.60. The lowest BCUT2D eigenvalue weighted by Crippen LogP contribution is -2.35. The molecule has 0 radical (unpaired) electrons. The molecule has 1 fully saturated rings. The highest BCUT2D eigenvalue weighted by Crippen LogP contribution is 2.25. The Kier molecular flexibility index (Phi) is 5.24. The van der Waals surface area contributed by atoms with E-state index < -0.39 is 0 Å². The predicted molar refractivity (Wildman–Crippen MR) is 96.8 cm³/mol.